The third kappa shape index (κ3) is 2.58. The molecule has 1 aliphatic carbocycles. The lowest BCUT2D eigenvalue weighted by atomic mass is 10.00. The summed E-state index contributed by atoms with van der Waals surface area (Å²) in [6.45, 7) is 2.26. The largest absolute Gasteiger partial charge is 0.0654 e. The van der Waals surface area contributed by atoms with Crippen LogP contribution in [-0.4, -0.2) is 0 Å². The van der Waals surface area contributed by atoms with Gasteiger partial charge in [-0.05, 0) is 53.1 Å². The highest BCUT2D eigenvalue weighted by atomic mass is 14.2. The van der Waals surface area contributed by atoms with Crippen LogP contribution in [0.15, 0.2) is 36.4 Å². The monoisotopic (exact) mass is 249 g/mol. The predicted molar refractivity (Wildman–Crippen MR) is 81.4 cm³/mol. The number of fused-ring (bicyclic) bond motifs is 3. The van der Waals surface area contributed by atoms with Gasteiger partial charge in [-0.25, -0.2) is 0 Å². The SMILES string of the molecule is CCCCCCc1[c]c2c(cc1)-c1ccccc1C2. The lowest BCUT2D eigenvalue weighted by molar-refractivity contribution is 0.666. The van der Waals surface area contributed by atoms with E-state index in [2.05, 4.69) is 49.4 Å². The molecular formula is C19H21. The van der Waals surface area contributed by atoms with Gasteiger partial charge in [-0.1, -0.05) is 62.6 Å². The summed E-state index contributed by atoms with van der Waals surface area (Å²) in [6.07, 6.45) is 7.56. The zero-order chi connectivity index (χ0) is 13.1. The summed E-state index contributed by atoms with van der Waals surface area (Å²) in [7, 11) is 0. The molecule has 0 saturated carbocycles. The molecule has 0 N–H and O–H groups in total. The molecule has 2 aromatic carbocycles. The Hall–Kier alpha value is -1.56. The maximum Gasteiger partial charge on any atom is -0.000718 e. The van der Waals surface area contributed by atoms with E-state index in [1.807, 2.05) is 0 Å². The molecule has 1 radical (unpaired) electrons. The molecule has 19 heavy (non-hydrogen) atoms. The van der Waals surface area contributed by atoms with E-state index < -0.39 is 0 Å². The summed E-state index contributed by atoms with van der Waals surface area (Å²) < 4.78 is 0. The van der Waals surface area contributed by atoms with Gasteiger partial charge < -0.3 is 0 Å². The van der Waals surface area contributed by atoms with E-state index in [9.17, 15) is 0 Å². The molecule has 0 heteroatoms. The van der Waals surface area contributed by atoms with Crippen LogP contribution in [0.4, 0.5) is 0 Å². The van der Waals surface area contributed by atoms with Crippen molar-refractivity contribution in [3.63, 3.8) is 0 Å². The smallest absolute Gasteiger partial charge is 0.000718 e. The van der Waals surface area contributed by atoms with Gasteiger partial charge in [-0.3, -0.25) is 0 Å². The van der Waals surface area contributed by atoms with Crippen LogP contribution in [0.25, 0.3) is 11.1 Å². The first-order chi connectivity index (χ1) is 9.38. The van der Waals surface area contributed by atoms with Crippen LogP contribution in [0.1, 0.15) is 49.3 Å². The van der Waals surface area contributed by atoms with Crippen LogP contribution in [-0.2, 0) is 12.8 Å². The minimum Gasteiger partial charge on any atom is -0.0654 e. The van der Waals surface area contributed by atoms with Crippen molar-refractivity contribution in [3.8, 4) is 11.1 Å². The number of benzene rings is 2. The lowest BCUT2D eigenvalue weighted by Crippen LogP contribution is -1.89. The second-order valence-electron chi connectivity index (χ2n) is 5.52. The Kier molecular flexibility index (Phi) is 3.68. The number of hydrogen-bond donors (Lipinski definition) is 0. The zero-order valence-corrected chi connectivity index (χ0v) is 11.7. The number of aryl methyl sites for hydroxylation is 1. The number of unbranched alkanes of at least 4 members (excludes halogenated alkanes) is 3. The summed E-state index contributed by atoms with van der Waals surface area (Å²) in [6, 6.07) is 17.0. The minimum atomic E-state index is 1.06. The average Bonchev–Trinajstić information content (AvgIpc) is 2.81. The van der Waals surface area contributed by atoms with Crippen LogP contribution in [0, 0.1) is 6.07 Å². The summed E-state index contributed by atoms with van der Waals surface area (Å²) >= 11 is 0. The molecule has 0 nitrogen and oxygen atoms in total. The van der Waals surface area contributed by atoms with Gasteiger partial charge in [0.2, 0.25) is 0 Å². The van der Waals surface area contributed by atoms with Gasteiger partial charge in [0.25, 0.3) is 0 Å². The van der Waals surface area contributed by atoms with Crippen LogP contribution in [0.2, 0.25) is 0 Å². The lowest BCUT2D eigenvalue weighted by Gasteiger charge is -2.04. The summed E-state index contributed by atoms with van der Waals surface area (Å²) in [4.78, 5) is 0. The van der Waals surface area contributed by atoms with Crippen molar-refractivity contribution < 1.29 is 0 Å². The van der Waals surface area contributed by atoms with Crippen LogP contribution in [0.5, 0.6) is 0 Å². The molecule has 0 unspecified atom stereocenters. The van der Waals surface area contributed by atoms with Gasteiger partial charge in [0.1, 0.15) is 0 Å². The molecule has 0 aliphatic heterocycles. The van der Waals surface area contributed by atoms with Crippen LogP contribution < -0.4 is 0 Å². The van der Waals surface area contributed by atoms with Crippen molar-refractivity contribution in [2.24, 2.45) is 0 Å². The Bertz CT molecular complexity index is 566. The molecular weight excluding hydrogens is 228 g/mol. The molecule has 0 amide bonds. The average molecular weight is 249 g/mol. The van der Waals surface area contributed by atoms with E-state index in [1.54, 1.807) is 0 Å². The summed E-state index contributed by atoms with van der Waals surface area (Å²) in [5.74, 6) is 0. The maximum atomic E-state index is 3.65. The van der Waals surface area contributed by atoms with Gasteiger partial charge in [0.15, 0.2) is 0 Å². The van der Waals surface area contributed by atoms with Gasteiger partial charge in [0, 0.05) is 0 Å². The van der Waals surface area contributed by atoms with Crippen LogP contribution >= 0.6 is 0 Å². The molecule has 97 valence electrons. The summed E-state index contributed by atoms with van der Waals surface area (Å²) in [5, 5.41) is 0. The van der Waals surface area contributed by atoms with Crippen molar-refractivity contribution in [3.05, 3.63) is 59.2 Å². The first-order valence-corrected chi connectivity index (χ1v) is 7.51. The Morgan fingerprint density at radius 2 is 1.84 bits per heavy atom. The second-order valence-corrected chi connectivity index (χ2v) is 5.52. The molecule has 2 aromatic rings. The number of hydrogen-bond acceptors (Lipinski definition) is 0. The molecule has 0 heterocycles. The van der Waals surface area contributed by atoms with Crippen molar-refractivity contribution in [2.45, 2.75) is 45.4 Å². The molecule has 0 saturated heterocycles. The summed E-state index contributed by atoms with van der Waals surface area (Å²) in [5.41, 5.74) is 7.05. The van der Waals surface area contributed by atoms with Crippen LogP contribution in [0.3, 0.4) is 0 Å². The van der Waals surface area contributed by atoms with Gasteiger partial charge in [-0.15, -0.1) is 0 Å². The van der Waals surface area contributed by atoms with E-state index in [0.717, 1.165) is 6.42 Å². The highest BCUT2D eigenvalue weighted by Crippen LogP contribution is 2.36. The molecule has 3 rings (SSSR count). The normalized spacial score (nSPS) is 12.3. The highest BCUT2D eigenvalue weighted by Gasteiger charge is 2.17. The number of rotatable bonds is 5. The molecule has 0 bridgehead atoms. The Balaban J connectivity index is 1.74. The fraction of sp³-hybridized carbons (Fsp3) is 0.368. The standard InChI is InChI=1S/C19H21/c1-2-3-4-5-8-15-11-12-19-17(13-15)14-16-9-6-7-10-18(16)19/h6-7,9-12H,2-5,8,14H2,1H3. The molecule has 0 aromatic heterocycles. The van der Waals surface area contributed by atoms with E-state index in [4.69, 9.17) is 0 Å². The third-order valence-corrected chi connectivity index (χ3v) is 4.06. The molecule has 0 atom stereocenters. The van der Waals surface area contributed by atoms with E-state index in [-0.39, 0.29) is 0 Å². The fourth-order valence-electron chi connectivity index (χ4n) is 2.99. The van der Waals surface area contributed by atoms with E-state index in [1.165, 1.54) is 59.9 Å². The van der Waals surface area contributed by atoms with E-state index in [0.29, 0.717) is 0 Å². The molecule has 0 spiro atoms. The van der Waals surface area contributed by atoms with Crippen molar-refractivity contribution in [1.29, 1.82) is 0 Å². The Morgan fingerprint density at radius 3 is 2.74 bits per heavy atom. The second kappa shape index (κ2) is 5.61. The fourth-order valence-corrected chi connectivity index (χ4v) is 2.99. The minimum absolute atomic E-state index is 1.06. The van der Waals surface area contributed by atoms with Crippen molar-refractivity contribution in [1.82, 2.24) is 0 Å². The highest BCUT2D eigenvalue weighted by molar-refractivity contribution is 5.76. The quantitative estimate of drug-likeness (QED) is 0.546. The van der Waals surface area contributed by atoms with Gasteiger partial charge >= 0.3 is 0 Å². The third-order valence-electron chi connectivity index (χ3n) is 4.06. The van der Waals surface area contributed by atoms with Gasteiger partial charge in [-0.2, -0.15) is 0 Å². The Morgan fingerprint density at radius 1 is 0.947 bits per heavy atom. The van der Waals surface area contributed by atoms with Crippen molar-refractivity contribution >= 4 is 0 Å². The van der Waals surface area contributed by atoms with E-state index >= 15 is 0 Å². The maximum absolute atomic E-state index is 3.65. The zero-order valence-electron chi connectivity index (χ0n) is 11.7. The molecule has 0 fully saturated rings. The molecule has 1 aliphatic rings. The predicted octanol–water partition coefficient (Wildman–Crippen LogP) is 5.18. The Labute approximate surface area is 116 Å². The topological polar surface area (TPSA) is 0 Å². The van der Waals surface area contributed by atoms with Crippen molar-refractivity contribution in [2.75, 3.05) is 0 Å². The first kappa shape index (κ1) is 12.5. The van der Waals surface area contributed by atoms with Gasteiger partial charge in [0.05, 0.1) is 0 Å². The first-order valence-electron chi connectivity index (χ1n) is 7.51.